The number of aliphatic carboxylic acids is 1. The van der Waals surface area contributed by atoms with Gasteiger partial charge in [-0.3, -0.25) is 4.90 Å². The summed E-state index contributed by atoms with van der Waals surface area (Å²) in [5.74, 6) is -5.56. The van der Waals surface area contributed by atoms with Gasteiger partial charge in [-0.05, 0) is 20.8 Å². The summed E-state index contributed by atoms with van der Waals surface area (Å²) >= 11 is 0. The van der Waals surface area contributed by atoms with Gasteiger partial charge in [-0.2, -0.15) is 0 Å². The largest absolute Gasteiger partial charge is 0.480 e. The van der Waals surface area contributed by atoms with Crippen molar-refractivity contribution in [2.24, 2.45) is 0 Å². The van der Waals surface area contributed by atoms with Crippen molar-refractivity contribution >= 4 is 17.7 Å². The first-order chi connectivity index (χ1) is 10.0. The van der Waals surface area contributed by atoms with Crippen molar-refractivity contribution in [2.75, 3.05) is 4.90 Å². The third kappa shape index (κ3) is 2.72. The number of hydrogen-bond acceptors (Lipinski definition) is 3. The van der Waals surface area contributed by atoms with Gasteiger partial charge in [0.1, 0.15) is 17.5 Å². The lowest BCUT2D eigenvalue weighted by Crippen LogP contribution is -2.45. The fourth-order valence-corrected chi connectivity index (χ4v) is 2.23. The summed E-state index contributed by atoms with van der Waals surface area (Å²) in [4.78, 5) is 23.9. The number of carboxylic acid groups (broad SMARTS) is 1. The Morgan fingerprint density at radius 1 is 1.27 bits per heavy atom. The maximum Gasteiger partial charge on any atom is 0.415 e. The second-order valence-electron chi connectivity index (χ2n) is 5.89. The number of nitrogens with zero attached hydrogens (tertiary/aromatic N) is 1. The van der Waals surface area contributed by atoms with Crippen LogP contribution in [-0.2, 0) is 16.0 Å². The first-order valence-corrected chi connectivity index (χ1v) is 6.44. The molecule has 8 heteroatoms. The molecule has 5 nitrogen and oxygen atoms in total. The van der Waals surface area contributed by atoms with Gasteiger partial charge in [0.05, 0.1) is 5.69 Å². The normalized spacial score (nSPS) is 17.4. The van der Waals surface area contributed by atoms with Crippen LogP contribution in [0.3, 0.4) is 0 Å². The first kappa shape index (κ1) is 16.1. The molecule has 1 heterocycles. The minimum Gasteiger partial charge on any atom is -0.480 e. The molecule has 1 aromatic carbocycles. The third-order valence-electron chi connectivity index (χ3n) is 3.07. The number of carbonyl (C=O) groups excluding carboxylic acids is 1. The van der Waals surface area contributed by atoms with Gasteiger partial charge in [-0.25, -0.2) is 22.8 Å². The summed E-state index contributed by atoms with van der Waals surface area (Å²) in [6.07, 6.45) is -1.64. The van der Waals surface area contributed by atoms with Crippen molar-refractivity contribution < 1.29 is 32.6 Å². The molecule has 1 amide bonds. The minimum absolute atomic E-state index is 0.325. The summed E-state index contributed by atoms with van der Waals surface area (Å²) in [6.45, 7) is 4.58. The lowest BCUT2D eigenvalue weighted by molar-refractivity contribution is -0.138. The zero-order valence-corrected chi connectivity index (χ0v) is 12.1. The molecule has 1 aliphatic heterocycles. The van der Waals surface area contributed by atoms with Crippen molar-refractivity contribution in [2.45, 2.75) is 38.8 Å². The second-order valence-corrected chi connectivity index (χ2v) is 5.89. The molecule has 0 fully saturated rings. The zero-order valence-electron chi connectivity index (χ0n) is 12.1. The Balaban J connectivity index is 2.56. The van der Waals surface area contributed by atoms with Crippen LogP contribution in [0.2, 0.25) is 0 Å². The standard InChI is InChI=1S/C14H14F3NO4/c1-14(2,3)22-13(21)18-9(12(19)20)4-6-7(15)5-8(16)10(17)11(6)18/h5,9H,4H2,1-3H3,(H,19,20). The minimum atomic E-state index is -1.56. The van der Waals surface area contributed by atoms with Crippen molar-refractivity contribution in [3.05, 3.63) is 29.1 Å². The molecule has 0 bridgehead atoms. The van der Waals surface area contributed by atoms with Crippen LogP contribution in [0.4, 0.5) is 23.7 Å². The van der Waals surface area contributed by atoms with E-state index in [-0.39, 0.29) is 5.56 Å². The summed E-state index contributed by atoms with van der Waals surface area (Å²) in [6, 6.07) is -1.23. The Morgan fingerprint density at radius 2 is 1.86 bits per heavy atom. The van der Waals surface area contributed by atoms with Gasteiger partial charge in [0.15, 0.2) is 11.6 Å². The van der Waals surface area contributed by atoms with Crippen LogP contribution in [0.5, 0.6) is 0 Å². The number of hydrogen-bond donors (Lipinski definition) is 1. The highest BCUT2D eigenvalue weighted by Gasteiger charge is 2.44. The molecular weight excluding hydrogens is 303 g/mol. The van der Waals surface area contributed by atoms with Gasteiger partial charge < -0.3 is 9.84 Å². The van der Waals surface area contributed by atoms with E-state index in [0.717, 1.165) is 0 Å². The molecule has 1 N–H and O–H groups in total. The maximum absolute atomic E-state index is 14.0. The molecule has 1 atom stereocenters. The van der Waals surface area contributed by atoms with E-state index in [1.807, 2.05) is 0 Å². The van der Waals surface area contributed by atoms with Crippen LogP contribution >= 0.6 is 0 Å². The Hall–Kier alpha value is -2.25. The van der Waals surface area contributed by atoms with Gasteiger partial charge in [0.25, 0.3) is 0 Å². The number of carboxylic acids is 1. The van der Waals surface area contributed by atoms with Crippen LogP contribution < -0.4 is 4.90 Å². The average molecular weight is 317 g/mol. The van der Waals surface area contributed by atoms with Crippen molar-refractivity contribution in [3.63, 3.8) is 0 Å². The molecule has 0 radical (unpaired) electrons. The number of rotatable bonds is 1. The highest BCUT2D eigenvalue weighted by Crippen LogP contribution is 2.38. The van der Waals surface area contributed by atoms with Crippen molar-refractivity contribution in [1.29, 1.82) is 0 Å². The number of carbonyl (C=O) groups is 2. The molecule has 22 heavy (non-hydrogen) atoms. The van der Waals surface area contributed by atoms with Crippen molar-refractivity contribution in [3.8, 4) is 0 Å². The first-order valence-electron chi connectivity index (χ1n) is 6.44. The number of amides is 1. The van der Waals surface area contributed by atoms with Crippen molar-refractivity contribution in [1.82, 2.24) is 0 Å². The quantitative estimate of drug-likeness (QED) is 0.809. The molecule has 120 valence electrons. The monoisotopic (exact) mass is 317 g/mol. The average Bonchev–Trinajstić information content (AvgIpc) is 2.75. The van der Waals surface area contributed by atoms with Gasteiger partial charge in [-0.15, -0.1) is 0 Å². The van der Waals surface area contributed by atoms with Gasteiger partial charge >= 0.3 is 12.1 Å². The molecular formula is C14H14F3NO4. The second kappa shape index (κ2) is 5.19. The zero-order chi connectivity index (χ0) is 16.8. The van der Waals surface area contributed by atoms with Gasteiger partial charge in [0, 0.05) is 18.1 Å². The number of halogens is 3. The SMILES string of the molecule is CC(C)(C)OC(=O)N1c2c(F)c(F)cc(F)c2CC1C(=O)O. The summed E-state index contributed by atoms with van der Waals surface area (Å²) in [5, 5.41) is 9.17. The van der Waals surface area contributed by atoms with Crippen LogP contribution in [0.15, 0.2) is 6.07 Å². The van der Waals surface area contributed by atoms with Crippen LogP contribution in [-0.4, -0.2) is 28.8 Å². The predicted octanol–water partition coefficient (Wildman–Crippen LogP) is 2.85. The Kier molecular flexibility index (Phi) is 3.80. The lowest BCUT2D eigenvalue weighted by atomic mass is 10.1. The Bertz CT molecular complexity index is 654. The van der Waals surface area contributed by atoms with E-state index in [0.29, 0.717) is 11.0 Å². The number of benzene rings is 1. The van der Waals surface area contributed by atoms with Gasteiger partial charge in [0.2, 0.25) is 0 Å². The molecule has 0 saturated heterocycles. The smallest absolute Gasteiger partial charge is 0.415 e. The highest BCUT2D eigenvalue weighted by atomic mass is 19.2. The maximum atomic E-state index is 14.0. The van der Waals surface area contributed by atoms with E-state index in [2.05, 4.69) is 0 Å². The fourth-order valence-electron chi connectivity index (χ4n) is 2.23. The van der Waals surface area contributed by atoms with Crippen LogP contribution in [0, 0.1) is 17.5 Å². The Morgan fingerprint density at radius 3 is 2.36 bits per heavy atom. The number of anilines is 1. The van der Waals surface area contributed by atoms with E-state index in [1.54, 1.807) is 0 Å². The van der Waals surface area contributed by atoms with Crippen LogP contribution in [0.25, 0.3) is 0 Å². The van der Waals surface area contributed by atoms with E-state index in [1.165, 1.54) is 20.8 Å². The molecule has 0 spiro atoms. The number of fused-ring (bicyclic) bond motifs is 1. The van der Waals surface area contributed by atoms with E-state index in [4.69, 9.17) is 9.84 Å². The van der Waals surface area contributed by atoms with E-state index >= 15 is 0 Å². The molecule has 2 rings (SSSR count). The van der Waals surface area contributed by atoms with Crippen LogP contribution in [0.1, 0.15) is 26.3 Å². The molecule has 0 saturated carbocycles. The molecule has 1 aliphatic rings. The summed E-state index contributed by atoms with van der Waals surface area (Å²) < 4.78 is 46.1. The summed E-state index contributed by atoms with van der Waals surface area (Å²) in [7, 11) is 0. The topological polar surface area (TPSA) is 66.8 Å². The lowest BCUT2D eigenvalue weighted by Gasteiger charge is -2.27. The third-order valence-corrected chi connectivity index (χ3v) is 3.07. The fraction of sp³-hybridized carbons (Fsp3) is 0.429. The summed E-state index contributed by atoms with van der Waals surface area (Å²) in [5.41, 5.74) is -2.07. The molecule has 0 aliphatic carbocycles. The highest BCUT2D eigenvalue weighted by molar-refractivity contribution is 5.98. The van der Waals surface area contributed by atoms with Gasteiger partial charge in [-0.1, -0.05) is 0 Å². The van der Waals surface area contributed by atoms with E-state index < -0.39 is 53.3 Å². The predicted molar refractivity (Wildman–Crippen MR) is 70.2 cm³/mol. The molecule has 1 unspecified atom stereocenters. The van der Waals surface area contributed by atoms with E-state index in [9.17, 15) is 22.8 Å². The number of ether oxygens (including phenoxy) is 1. The Labute approximate surface area is 124 Å². The molecule has 0 aromatic heterocycles. The molecule has 1 aromatic rings.